The van der Waals surface area contributed by atoms with Crippen molar-refractivity contribution in [2.75, 3.05) is 18.0 Å². The van der Waals surface area contributed by atoms with Crippen molar-refractivity contribution in [1.29, 1.82) is 0 Å². The zero-order valence-corrected chi connectivity index (χ0v) is 11.6. The molecule has 1 aliphatic rings. The molecule has 0 unspecified atom stereocenters. The lowest BCUT2D eigenvalue weighted by atomic mass is 10.1. The van der Waals surface area contributed by atoms with Gasteiger partial charge in [-0.25, -0.2) is 0 Å². The maximum Gasteiger partial charge on any atom is 0.0562 e. The van der Waals surface area contributed by atoms with Gasteiger partial charge < -0.3 is 10.2 Å². The molecule has 0 amide bonds. The molecule has 0 atom stereocenters. The second-order valence-corrected chi connectivity index (χ2v) is 5.29. The van der Waals surface area contributed by atoms with Crippen LogP contribution >= 0.6 is 0 Å². The minimum atomic E-state index is 0.496. The van der Waals surface area contributed by atoms with E-state index in [-0.39, 0.29) is 0 Å². The molecule has 3 nitrogen and oxygen atoms in total. The number of aromatic nitrogens is 1. The number of nitrogens with zero attached hydrogens (tertiary/aromatic N) is 2. The zero-order chi connectivity index (χ0) is 13.0. The van der Waals surface area contributed by atoms with Crippen LogP contribution in [0.25, 0.3) is 0 Å². The molecule has 0 saturated heterocycles. The first-order valence-corrected chi connectivity index (χ1v) is 6.74. The van der Waals surface area contributed by atoms with Crippen LogP contribution in [0.2, 0.25) is 0 Å². The summed E-state index contributed by atoms with van der Waals surface area (Å²) in [5.41, 5.74) is 3.91. The summed E-state index contributed by atoms with van der Waals surface area (Å²) < 4.78 is 0. The van der Waals surface area contributed by atoms with E-state index in [2.05, 4.69) is 54.2 Å². The lowest BCUT2D eigenvalue weighted by Crippen LogP contribution is -2.28. The van der Waals surface area contributed by atoms with Crippen LogP contribution < -0.4 is 10.2 Å². The molecule has 0 radical (unpaired) electrons. The third-order valence-electron chi connectivity index (χ3n) is 3.29. The molecule has 98 valence electrons. The molecule has 1 aromatic heterocycles. The van der Waals surface area contributed by atoms with Crippen LogP contribution in [0, 0.1) is 0 Å². The van der Waals surface area contributed by atoms with Gasteiger partial charge in [0.25, 0.3) is 0 Å². The highest BCUT2D eigenvalue weighted by Gasteiger charge is 2.10. The van der Waals surface area contributed by atoms with Crippen molar-refractivity contribution in [3.8, 4) is 0 Å². The quantitative estimate of drug-likeness (QED) is 0.827. The number of anilines is 1. The summed E-state index contributed by atoms with van der Waals surface area (Å²) in [6, 6.07) is 4.80. The second kappa shape index (κ2) is 6.01. The fraction of sp³-hybridized carbons (Fsp3) is 0.533. The molecular weight excluding hydrogens is 222 g/mol. The minimum Gasteiger partial charge on any atom is -0.367 e. The third-order valence-corrected chi connectivity index (χ3v) is 3.29. The van der Waals surface area contributed by atoms with E-state index in [0.29, 0.717) is 6.04 Å². The van der Waals surface area contributed by atoms with Gasteiger partial charge in [-0.3, -0.25) is 4.98 Å². The van der Waals surface area contributed by atoms with Gasteiger partial charge in [0.15, 0.2) is 0 Å². The number of nitrogens with one attached hydrogen (secondary N) is 1. The average Bonchev–Trinajstić information content (AvgIpc) is 2.37. The molecule has 3 heteroatoms. The van der Waals surface area contributed by atoms with E-state index in [1.165, 1.54) is 17.7 Å². The van der Waals surface area contributed by atoms with E-state index in [9.17, 15) is 0 Å². The van der Waals surface area contributed by atoms with Crippen molar-refractivity contribution < 1.29 is 0 Å². The summed E-state index contributed by atoms with van der Waals surface area (Å²) in [6.45, 7) is 9.50. The predicted molar refractivity (Wildman–Crippen MR) is 76.8 cm³/mol. The highest BCUT2D eigenvalue weighted by atomic mass is 15.1. The summed E-state index contributed by atoms with van der Waals surface area (Å²) in [5.74, 6) is 0. The van der Waals surface area contributed by atoms with Gasteiger partial charge in [0.1, 0.15) is 0 Å². The van der Waals surface area contributed by atoms with Crippen LogP contribution in [0.15, 0.2) is 30.0 Å². The van der Waals surface area contributed by atoms with E-state index in [1.54, 1.807) is 0 Å². The molecule has 18 heavy (non-hydrogen) atoms. The highest BCUT2D eigenvalue weighted by molar-refractivity contribution is 5.48. The van der Waals surface area contributed by atoms with Gasteiger partial charge in [-0.05, 0) is 25.5 Å². The summed E-state index contributed by atoms with van der Waals surface area (Å²) in [7, 11) is 0. The zero-order valence-electron chi connectivity index (χ0n) is 11.6. The van der Waals surface area contributed by atoms with Crippen molar-refractivity contribution in [2.45, 2.75) is 39.8 Å². The van der Waals surface area contributed by atoms with Crippen LogP contribution in [0.1, 0.15) is 32.9 Å². The summed E-state index contributed by atoms with van der Waals surface area (Å²) in [6.07, 6.45) is 5.40. The molecule has 0 saturated carbocycles. The van der Waals surface area contributed by atoms with Crippen LogP contribution in [0.3, 0.4) is 0 Å². The Morgan fingerprint density at radius 2 is 2.28 bits per heavy atom. The Labute approximate surface area is 110 Å². The Morgan fingerprint density at radius 3 is 2.94 bits per heavy atom. The van der Waals surface area contributed by atoms with Gasteiger partial charge in [-0.1, -0.05) is 25.5 Å². The van der Waals surface area contributed by atoms with E-state index in [1.807, 2.05) is 6.20 Å². The summed E-state index contributed by atoms with van der Waals surface area (Å²) >= 11 is 0. The standard InChI is InChI=1S/C15H23N3/c1-12(2)17-11-14-10-15(4-7-16-14)18-8-5-13(3)6-9-18/h4-5,7,10,12,17H,6,8-9,11H2,1-3H3. The van der Waals surface area contributed by atoms with Gasteiger partial charge in [-0.2, -0.15) is 0 Å². The topological polar surface area (TPSA) is 28.2 Å². The molecule has 0 bridgehead atoms. The molecule has 1 aromatic rings. The molecule has 1 N–H and O–H groups in total. The second-order valence-electron chi connectivity index (χ2n) is 5.29. The predicted octanol–water partition coefficient (Wildman–Crippen LogP) is 2.74. The van der Waals surface area contributed by atoms with Crippen LogP contribution in [-0.4, -0.2) is 24.1 Å². The number of rotatable bonds is 4. The fourth-order valence-corrected chi connectivity index (χ4v) is 2.07. The maximum absolute atomic E-state index is 4.42. The first kappa shape index (κ1) is 13.1. The van der Waals surface area contributed by atoms with E-state index in [0.717, 1.165) is 25.3 Å². The molecule has 2 rings (SSSR count). The van der Waals surface area contributed by atoms with Gasteiger partial charge >= 0.3 is 0 Å². The Morgan fingerprint density at radius 1 is 1.44 bits per heavy atom. The van der Waals surface area contributed by atoms with Gasteiger partial charge in [0.2, 0.25) is 0 Å². The Bertz CT molecular complexity index is 424. The van der Waals surface area contributed by atoms with Crippen molar-refractivity contribution in [3.05, 3.63) is 35.7 Å². The lowest BCUT2D eigenvalue weighted by molar-refractivity contribution is 0.581. The fourth-order valence-electron chi connectivity index (χ4n) is 2.07. The molecule has 0 spiro atoms. The number of hydrogen-bond donors (Lipinski definition) is 1. The largest absolute Gasteiger partial charge is 0.367 e. The molecule has 0 aliphatic carbocycles. The maximum atomic E-state index is 4.42. The Kier molecular flexibility index (Phi) is 4.37. The first-order valence-electron chi connectivity index (χ1n) is 6.74. The molecule has 0 fully saturated rings. The van der Waals surface area contributed by atoms with Crippen molar-refractivity contribution in [1.82, 2.24) is 10.3 Å². The van der Waals surface area contributed by atoms with Crippen LogP contribution in [0.5, 0.6) is 0 Å². The van der Waals surface area contributed by atoms with E-state index < -0.39 is 0 Å². The van der Waals surface area contributed by atoms with Crippen LogP contribution in [-0.2, 0) is 6.54 Å². The van der Waals surface area contributed by atoms with E-state index in [4.69, 9.17) is 0 Å². The van der Waals surface area contributed by atoms with Crippen molar-refractivity contribution in [2.24, 2.45) is 0 Å². The van der Waals surface area contributed by atoms with E-state index >= 15 is 0 Å². The summed E-state index contributed by atoms with van der Waals surface area (Å²) in [4.78, 5) is 6.83. The average molecular weight is 245 g/mol. The minimum absolute atomic E-state index is 0.496. The highest BCUT2D eigenvalue weighted by Crippen LogP contribution is 2.19. The Balaban J connectivity index is 2.03. The smallest absolute Gasteiger partial charge is 0.0562 e. The molecular formula is C15H23N3. The number of hydrogen-bond acceptors (Lipinski definition) is 3. The van der Waals surface area contributed by atoms with Gasteiger partial charge in [0, 0.05) is 37.6 Å². The molecule has 1 aliphatic heterocycles. The van der Waals surface area contributed by atoms with Gasteiger partial charge in [0.05, 0.1) is 5.69 Å². The lowest BCUT2D eigenvalue weighted by Gasteiger charge is -2.27. The normalized spacial score (nSPS) is 16.0. The first-order chi connectivity index (χ1) is 8.65. The van der Waals surface area contributed by atoms with Crippen molar-refractivity contribution >= 4 is 5.69 Å². The molecule has 2 heterocycles. The third kappa shape index (κ3) is 3.57. The summed E-state index contributed by atoms with van der Waals surface area (Å²) in [5, 5.41) is 3.41. The van der Waals surface area contributed by atoms with Crippen LogP contribution in [0.4, 0.5) is 5.69 Å². The monoisotopic (exact) mass is 245 g/mol. The number of pyridine rings is 1. The SMILES string of the molecule is CC1=CCN(c2ccnc(CNC(C)C)c2)CC1. The molecule has 0 aromatic carbocycles. The van der Waals surface area contributed by atoms with Crippen molar-refractivity contribution in [3.63, 3.8) is 0 Å². The van der Waals surface area contributed by atoms with Gasteiger partial charge in [-0.15, -0.1) is 0 Å². The Hall–Kier alpha value is -1.35.